The summed E-state index contributed by atoms with van der Waals surface area (Å²) in [6.07, 6.45) is 12.1. The molecule has 8 fully saturated rings. The van der Waals surface area contributed by atoms with Gasteiger partial charge in [-0.3, -0.25) is 24.0 Å². The number of likely N-dealkylation sites (tertiary alicyclic amines) is 1. The van der Waals surface area contributed by atoms with E-state index < -0.39 is 28.1 Å². The molecule has 0 aromatic heterocycles. The van der Waals surface area contributed by atoms with Gasteiger partial charge in [-0.2, -0.15) is 0 Å². The SMILES string of the molecule is C=C(C)[C@@H]1CC[C@]2(C(=O)N[C@H]3C[C@@H](C(=O)N4CCC(C(=O)OCC)CC4)C3(C)C)CC[C@]3(C)[C@H](CC[C@@H]4[C@]5(C)CC[C@H]([C@@]6(C(=O)O)C[C@@H](C(=O)OCc7ccccc7)C6(C)C)C(C)(C)[C@H]5CC[C@]43C)[C@@H]12. The van der Waals surface area contributed by atoms with Crippen LogP contribution in [0.2, 0.25) is 0 Å². The molecular weight excluding hydrogens is 877 g/mol. The molecule has 8 aliphatic rings. The summed E-state index contributed by atoms with van der Waals surface area (Å²) in [5.74, 6) is -0.0312. The quantitative estimate of drug-likeness (QED) is 0.165. The normalized spacial score (nSPS) is 42.2. The second kappa shape index (κ2) is 17.5. The number of amides is 2. The number of nitrogens with one attached hydrogen (secondary N) is 1. The van der Waals surface area contributed by atoms with E-state index in [2.05, 4.69) is 67.3 Å². The van der Waals surface area contributed by atoms with Crippen LogP contribution >= 0.6 is 0 Å². The predicted molar refractivity (Wildman–Crippen MR) is 270 cm³/mol. The van der Waals surface area contributed by atoms with Crippen LogP contribution in [0, 0.1) is 96.6 Å². The van der Waals surface area contributed by atoms with E-state index in [-0.39, 0.29) is 93.1 Å². The Kier molecular flexibility index (Phi) is 12.8. The largest absolute Gasteiger partial charge is 0.481 e. The fourth-order valence-electron chi connectivity index (χ4n) is 19.5. The van der Waals surface area contributed by atoms with Gasteiger partial charge in [0.15, 0.2) is 0 Å². The van der Waals surface area contributed by atoms with Gasteiger partial charge in [-0.15, -0.1) is 0 Å². The Morgan fingerprint density at radius 3 is 2.01 bits per heavy atom. The van der Waals surface area contributed by atoms with Gasteiger partial charge < -0.3 is 24.8 Å². The zero-order valence-corrected chi connectivity index (χ0v) is 44.8. The van der Waals surface area contributed by atoms with Gasteiger partial charge in [-0.25, -0.2) is 0 Å². The molecule has 10 nitrogen and oxygen atoms in total. The Morgan fingerprint density at radius 2 is 1.40 bits per heavy atom. The van der Waals surface area contributed by atoms with Gasteiger partial charge in [0, 0.05) is 25.0 Å². The number of rotatable bonds is 11. The number of piperidine rings is 1. The van der Waals surface area contributed by atoms with Gasteiger partial charge in [0.25, 0.3) is 0 Å². The third kappa shape index (κ3) is 7.19. The number of nitrogens with zero attached hydrogens (tertiary/aromatic N) is 1. The molecule has 7 saturated carbocycles. The number of benzene rings is 1. The summed E-state index contributed by atoms with van der Waals surface area (Å²) in [6, 6.07) is 9.61. The average molecular weight is 965 g/mol. The van der Waals surface area contributed by atoms with Crippen molar-refractivity contribution >= 4 is 29.7 Å². The first kappa shape index (κ1) is 51.2. The van der Waals surface area contributed by atoms with E-state index in [1.807, 2.05) is 56.0 Å². The summed E-state index contributed by atoms with van der Waals surface area (Å²) in [5, 5.41) is 15.0. The topological polar surface area (TPSA) is 139 Å². The van der Waals surface area contributed by atoms with Crippen molar-refractivity contribution in [1.29, 1.82) is 0 Å². The van der Waals surface area contributed by atoms with Crippen LogP contribution in [0.4, 0.5) is 0 Å². The molecule has 9 rings (SSSR count). The molecule has 0 bridgehead atoms. The minimum atomic E-state index is -1.03. The van der Waals surface area contributed by atoms with Crippen molar-refractivity contribution in [3.8, 4) is 0 Å². The Labute approximate surface area is 420 Å². The van der Waals surface area contributed by atoms with E-state index in [0.29, 0.717) is 63.1 Å². The first-order valence-electron chi connectivity index (χ1n) is 27.7. The van der Waals surface area contributed by atoms with Crippen LogP contribution < -0.4 is 5.32 Å². The second-order valence-corrected chi connectivity index (χ2v) is 27.1. The lowest BCUT2D eigenvalue weighted by Gasteiger charge is -2.74. The van der Waals surface area contributed by atoms with Crippen molar-refractivity contribution in [2.75, 3.05) is 19.7 Å². The molecule has 2 amide bonds. The third-order valence-electron chi connectivity index (χ3n) is 23.9. The third-order valence-corrected chi connectivity index (χ3v) is 23.9. The van der Waals surface area contributed by atoms with Gasteiger partial charge in [0.05, 0.1) is 29.3 Å². The monoisotopic (exact) mass is 965 g/mol. The summed E-state index contributed by atoms with van der Waals surface area (Å²) in [6.45, 7) is 31.2. The van der Waals surface area contributed by atoms with Crippen molar-refractivity contribution in [2.24, 2.45) is 96.6 Å². The number of ether oxygens (including phenoxy) is 2. The zero-order chi connectivity index (χ0) is 50.8. The van der Waals surface area contributed by atoms with Gasteiger partial charge in [0.2, 0.25) is 11.8 Å². The maximum absolute atomic E-state index is 15.3. The smallest absolute Gasteiger partial charge is 0.310 e. The van der Waals surface area contributed by atoms with Crippen LogP contribution in [0.15, 0.2) is 42.5 Å². The van der Waals surface area contributed by atoms with Gasteiger partial charge in [-0.1, -0.05) is 105 Å². The molecule has 0 radical (unpaired) electrons. The number of aliphatic carboxylic acids is 1. The average Bonchev–Trinajstić information content (AvgIpc) is 3.72. The van der Waals surface area contributed by atoms with Gasteiger partial charge in [0.1, 0.15) is 6.61 Å². The fraction of sp³-hybridized carbons (Fsp3) is 0.783. The first-order chi connectivity index (χ1) is 32.8. The highest BCUT2D eigenvalue weighted by atomic mass is 16.5. The van der Waals surface area contributed by atoms with E-state index in [9.17, 15) is 24.3 Å². The van der Waals surface area contributed by atoms with Crippen molar-refractivity contribution in [1.82, 2.24) is 10.2 Å². The molecule has 70 heavy (non-hydrogen) atoms. The Morgan fingerprint density at radius 1 is 0.729 bits per heavy atom. The van der Waals surface area contributed by atoms with Crippen LogP contribution in [0.3, 0.4) is 0 Å². The summed E-state index contributed by atoms with van der Waals surface area (Å²) in [5.41, 5.74) is -0.680. The van der Waals surface area contributed by atoms with E-state index in [0.717, 1.165) is 69.8 Å². The molecule has 1 saturated heterocycles. The number of carbonyl (C=O) groups excluding carboxylic acids is 4. The van der Waals surface area contributed by atoms with E-state index >= 15 is 4.79 Å². The lowest BCUT2D eigenvalue weighted by molar-refractivity contribution is -0.269. The molecule has 7 aliphatic carbocycles. The number of carboxylic acid groups (broad SMARTS) is 1. The minimum absolute atomic E-state index is 0.0247. The van der Waals surface area contributed by atoms with Crippen molar-refractivity contribution in [2.45, 2.75) is 179 Å². The molecule has 1 aromatic carbocycles. The molecule has 1 aromatic rings. The van der Waals surface area contributed by atoms with Crippen LogP contribution in [0.25, 0.3) is 0 Å². The summed E-state index contributed by atoms with van der Waals surface area (Å²) >= 11 is 0. The van der Waals surface area contributed by atoms with Crippen molar-refractivity contribution in [3.05, 3.63) is 48.0 Å². The first-order valence-corrected chi connectivity index (χ1v) is 27.7. The van der Waals surface area contributed by atoms with Crippen LogP contribution in [-0.4, -0.2) is 65.5 Å². The van der Waals surface area contributed by atoms with Gasteiger partial charge in [-0.05, 0) is 177 Å². The second-order valence-electron chi connectivity index (χ2n) is 27.1. The van der Waals surface area contributed by atoms with Crippen LogP contribution in [0.1, 0.15) is 172 Å². The Hall–Kier alpha value is -3.69. The highest BCUT2D eigenvalue weighted by Crippen LogP contribution is 2.80. The number of esters is 2. The van der Waals surface area contributed by atoms with Crippen LogP contribution in [-0.2, 0) is 40.1 Å². The lowest BCUT2D eigenvalue weighted by Crippen LogP contribution is -2.71. The highest BCUT2D eigenvalue weighted by Gasteiger charge is 2.77. The predicted octanol–water partition coefficient (Wildman–Crippen LogP) is 11.5. The molecule has 2 N–H and O–H groups in total. The molecule has 14 atom stereocenters. The van der Waals surface area contributed by atoms with E-state index in [1.165, 1.54) is 5.57 Å². The van der Waals surface area contributed by atoms with Crippen LogP contribution in [0.5, 0.6) is 0 Å². The van der Waals surface area contributed by atoms with Crippen molar-refractivity contribution in [3.63, 3.8) is 0 Å². The molecule has 1 aliphatic heterocycles. The number of carbonyl (C=O) groups is 5. The fourth-order valence-corrected chi connectivity index (χ4v) is 19.5. The number of allylic oxidation sites excluding steroid dienone is 1. The summed E-state index contributed by atoms with van der Waals surface area (Å²) in [4.78, 5) is 71.2. The molecule has 0 unspecified atom stereocenters. The van der Waals surface area contributed by atoms with E-state index in [1.54, 1.807) is 0 Å². The number of fused-ring (bicyclic) bond motifs is 7. The van der Waals surface area contributed by atoms with Crippen molar-refractivity contribution < 1.29 is 38.6 Å². The minimum Gasteiger partial charge on any atom is -0.481 e. The zero-order valence-electron chi connectivity index (χ0n) is 44.8. The summed E-state index contributed by atoms with van der Waals surface area (Å²) in [7, 11) is 0. The maximum atomic E-state index is 15.3. The number of hydrogen-bond acceptors (Lipinski definition) is 7. The number of carboxylic acids is 1. The number of hydrogen-bond donors (Lipinski definition) is 2. The van der Waals surface area contributed by atoms with E-state index in [4.69, 9.17) is 9.47 Å². The van der Waals surface area contributed by atoms with Gasteiger partial charge >= 0.3 is 17.9 Å². The lowest BCUT2D eigenvalue weighted by atomic mass is 9.29. The Bertz CT molecular complexity index is 2260. The molecule has 10 heteroatoms. The molecule has 386 valence electrons. The molecular formula is C60H88N2O8. The standard InChI is InChI=1S/C60H88N2O8/c1-13-69-49(64)38-24-31-62(32-25-38)48(63)41-33-46(53(41,4)5)61-51(66)59-28-21-39(36(2)3)47(59)40-19-20-45-56(10)26-22-44(54(6,7)43(56)23-27-58(45,12)57(40,11)29-30-59)60(52(67)68)34-42(55(60,8)9)50(65)70-35-37-17-15-14-16-18-37/h14-18,38-47H,2,13,19-35H2,1,3-12H3,(H,61,66)(H,67,68)/t39-,40+,41-,42-,43+,44-,45+,46-,47+,56+,57+,58+,59-,60+/m0/s1. The highest BCUT2D eigenvalue weighted by molar-refractivity contribution is 5.87. The Balaban J connectivity index is 0.908. The molecule has 1 heterocycles. The maximum Gasteiger partial charge on any atom is 0.310 e. The molecule has 0 spiro atoms. The summed E-state index contributed by atoms with van der Waals surface area (Å²) < 4.78 is 11.1.